The lowest BCUT2D eigenvalue weighted by molar-refractivity contribution is -0.151. The van der Waals surface area contributed by atoms with E-state index in [0.717, 1.165) is 0 Å². The van der Waals surface area contributed by atoms with Gasteiger partial charge in [-0.1, -0.05) is 13.8 Å². The molecule has 102 valence electrons. The van der Waals surface area contributed by atoms with E-state index in [1.807, 2.05) is 20.8 Å². The molecule has 0 radical (unpaired) electrons. The van der Waals surface area contributed by atoms with Gasteiger partial charge in [0.25, 0.3) is 0 Å². The number of hydrogen-bond acceptors (Lipinski definition) is 4. The number of carbonyl (C=O) groups excluding carboxylic acids is 1. The van der Waals surface area contributed by atoms with Gasteiger partial charge in [-0.15, -0.1) is 0 Å². The minimum absolute atomic E-state index is 0.0888. The number of ether oxygens (including phenoxy) is 1. The van der Waals surface area contributed by atoms with Gasteiger partial charge in [0.1, 0.15) is 0 Å². The molecule has 0 N–H and O–H groups in total. The average molecular weight is 264 g/mol. The third-order valence-corrected chi connectivity index (χ3v) is 5.06. The lowest BCUT2D eigenvalue weighted by atomic mass is 10.2. The first-order chi connectivity index (χ1) is 7.70. The minimum atomic E-state index is -2.71. The smallest absolute Gasteiger partial charge is 0.309 e. The van der Waals surface area contributed by atoms with Crippen molar-refractivity contribution in [3.8, 4) is 0 Å². The van der Waals surface area contributed by atoms with Crippen LogP contribution in [0, 0.1) is 5.92 Å². The highest BCUT2D eigenvalue weighted by Crippen LogP contribution is 2.49. The summed E-state index contributed by atoms with van der Waals surface area (Å²) in [5, 5.41) is 0. The first-order valence-electron chi connectivity index (χ1n) is 6.17. The molecule has 0 aliphatic carbocycles. The molecule has 4 nitrogen and oxygen atoms in total. The van der Waals surface area contributed by atoms with E-state index in [1.165, 1.54) is 0 Å². The number of esters is 1. The maximum atomic E-state index is 12.4. The first-order valence-corrected chi connectivity index (χ1v) is 8.16. The van der Waals surface area contributed by atoms with Crippen molar-refractivity contribution in [3.63, 3.8) is 0 Å². The van der Waals surface area contributed by atoms with E-state index in [4.69, 9.17) is 9.26 Å². The molecule has 0 aromatic carbocycles. The largest absolute Gasteiger partial charge is 0.463 e. The minimum Gasteiger partial charge on any atom is -0.463 e. The van der Waals surface area contributed by atoms with Crippen LogP contribution in [0.5, 0.6) is 0 Å². The van der Waals surface area contributed by atoms with Gasteiger partial charge in [0.05, 0.1) is 18.1 Å². The van der Waals surface area contributed by atoms with E-state index >= 15 is 0 Å². The Hall–Kier alpha value is -0.340. The highest BCUT2D eigenvalue weighted by atomic mass is 31.2. The Morgan fingerprint density at radius 2 is 1.65 bits per heavy atom. The van der Waals surface area contributed by atoms with Crippen molar-refractivity contribution in [3.05, 3.63) is 0 Å². The third-order valence-electron chi connectivity index (χ3n) is 2.19. The van der Waals surface area contributed by atoms with Gasteiger partial charge in [0, 0.05) is 12.3 Å². The Balaban J connectivity index is 4.47. The SMILES string of the molecule is CCP(=O)(CC(C)C(=O)OC(C)C)OC(C)C. The Morgan fingerprint density at radius 3 is 2.00 bits per heavy atom. The van der Waals surface area contributed by atoms with Crippen LogP contribution in [0.25, 0.3) is 0 Å². The van der Waals surface area contributed by atoms with Crippen molar-refractivity contribution < 1.29 is 18.6 Å². The van der Waals surface area contributed by atoms with Crippen molar-refractivity contribution in [2.45, 2.75) is 53.8 Å². The fourth-order valence-electron chi connectivity index (χ4n) is 1.47. The Morgan fingerprint density at radius 1 is 1.12 bits per heavy atom. The number of hydrogen-bond donors (Lipinski definition) is 0. The molecule has 0 aromatic heterocycles. The summed E-state index contributed by atoms with van der Waals surface area (Å²) < 4.78 is 22.9. The van der Waals surface area contributed by atoms with Crippen LogP contribution in [0.2, 0.25) is 0 Å². The second-order valence-electron chi connectivity index (χ2n) is 4.85. The van der Waals surface area contributed by atoms with Gasteiger partial charge in [-0.3, -0.25) is 9.36 Å². The molecule has 0 fully saturated rings. The zero-order chi connectivity index (χ0) is 13.6. The van der Waals surface area contributed by atoms with Gasteiger partial charge in [-0.25, -0.2) is 0 Å². The first kappa shape index (κ1) is 16.7. The Labute approximate surface area is 105 Å². The standard InChI is InChI=1S/C12H25O4P/c1-7-17(14,16-10(4)5)8-11(6)12(13)15-9(2)3/h9-11H,7-8H2,1-6H3. The molecule has 2 unspecified atom stereocenters. The molecular formula is C12H25O4P. The number of rotatable bonds is 7. The molecule has 0 heterocycles. The van der Waals surface area contributed by atoms with E-state index in [1.54, 1.807) is 20.8 Å². The summed E-state index contributed by atoms with van der Waals surface area (Å²) in [6.07, 6.45) is 0.476. The summed E-state index contributed by atoms with van der Waals surface area (Å²) >= 11 is 0. The van der Waals surface area contributed by atoms with Crippen LogP contribution in [0.1, 0.15) is 41.5 Å². The second kappa shape index (κ2) is 7.17. The monoisotopic (exact) mass is 264 g/mol. The van der Waals surface area contributed by atoms with Gasteiger partial charge in [0.15, 0.2) is 0 Å². The van der Waals surface area contributed by atoms with Gasteiger partial charge in [-0.05, 0) is 27.7 Å². The normalized spacial score (nSPS) is 16.9. The summed E-state index contributed by atoms with van der Waals surface area (Å²) in [7, 11) is -2.71. The maximum absolute atomic E-state index is 12.4. The Kier molecular flexibility index (Phi) is 7.03. The van der Waals surface area contributed by atoms with E-state index < -0.39 is 7.37 Å². The molecule has 0 saturated heterocycles. The third kappa shape index (κ3) is 6.85. The maximum Gasteiger partial charge on any atom is 0.309 e. The fourth-order valence-corrected chi connectivity index (χ4v) is 3.72. The van der Waals surface area contributed by atoms with Crippen molar-refractivity contribution in [1.29, 1.82) is 0 Å². The summed E-state index contributed by atoms with van der Waals surface area (Å²) in [5.74, 6) is -0.692. The summed E-state index contributed by atoms with van der Waals surface area (Å²) in [5.41, 5.74) is 0. The lowest BCUT2D eigenvalue weighted by Gasteiger charge is -2.22. The van der Waals surface area contributed by atoms with Crippen LogP contribution in [0.3, 0.4) is 0 Å². The van der Waals surface area contributed by atoms with Gasteiger partial charge < -0.3 is 9.26 Å². The quantitative estimate of drug-likeness (QED) is 0.523. The Bertz CT molecular complexity index is 286. The van der Waals surface area contributed by atoms with Gasteiger partial charge in [-0.2, -0.15) is 0 Å². The zero-order valence-electron chi connectivity index (χ0n) is 11.7. The molecule has 5 heteroatoms. The predicted molar refractivity (Wildman–Crippen MR) is 69.6 cm³/mol. The van der Waals surface area contributed by atoms with Crippen LogP contribution in [-0.4, -0.2) is 30.5 Å². The predicted octanol–water partition coefficient (Wildman–Crippen LogP) is 3.30. The van der Waals surface area contributed by atoms with Crippen molar-refractivity contribution in [2.75, 3.05) is 12.3 Å². The number of carbonyl (C=O) groups is 1. The zero-order valence-corrected chi connectivity index (χ0v) is 12.6. The average Bonchev–Trinajstić information content (AvgIpc) is 2.15. The van der Waals surface area contributed by atoms with E-state index in [2.05, 4.69) is 0 Å². The van der Waals surface area contributed by atoms with Crippen molar-refractivity contribution in [2.24, 2.45) is 5.92 Å². The molecule has 0 aliphatic rings. The molecule has 0 bridgehead atoms. The van der Waals surface area contributed by atoms with Crippen LogP contribution in [0.15, 0.2) is 0 Å². The van der Waals surface area contributed by atoms with Gasteiger partial charge in [0.2, 0.25) is 7.37 Å². The topological polar surface area (TPSA) is 52.6 Å². The van der Waals surface area contributed by atoms with Crippen molar-refractivity contribution in [1.82, 2.24) is 0 Å². The van der Waals surface area contributed by atoms with Crippen molar-refractivity contribution >= 4 is 13.3 Å². The lowest BCUT2D eigenvalue weighted by Crippen LogP contribution is -2.23. The van der Waals surface area contributed by atoms with Crippen LogP contribution < -0.4 is 0 Å². The van der Waals surface area contributed by atoms with Gasteiger partial charge >= 0.3 is 5.97 Å². The van der Waals surface area contributed by atoms with E-state index in [9.17, 15) is 9.36 Å². The summed E-state index contributed by atoms with van der Waals surface area (Å²) in [6, 6.07) is 0. The van der Waals surface area contributed by atoms with Crippen LogP contribution >= 0.6 is 7.37 Å². The molecule has 0 spiro atoms. The van der Waals surface area contributed by atoms with E-state index in [-0.39, 0.29) is 30.3 Å². The highest BCUT2D eigenvalue weighted by molar-refractivity contribution is 7.59. The van der Waals surface area contributed by atoms with Crippen LogP contribution in [-0.2, 0) is 18.6 Å². The molecule has 0 amide bonds. The molecule has 0 rings (SSSR count). The molecule has 0 saturated carbocycles. The summed E-state index contributed by atoms with van der Waals surface area (Å²) in [4.78, 5) is 11.6. The van der Waals surface area contributed by atoms with Crippen LogP contribution in [0.4, 0.5) is 0 Å². The molecule has 0 aromatic rings. The summed E-state index contributed by atoms with van der Waals surface area (Å²) in [6.45, 7) is 10.8. The fraction of sp³-hybridized carbons (Fsp3) is 0.917. The molecule has 0 aliphatic heterocycles. The molecular weight excluding hydrogens is 239 g/mol. The van der Waals surface area contributed by atoms with E-state index in [0.29, 0.717) is 6.16 Å². The molecule has 17 heavy (non-hydrogen) atoms. The second-order valence-corrected chi connectivity index (χ2v) is 7.69. The molecule has 2 atom stereocenters. The highest BCUT2D eigenvalue weighted by Gasteiger charge is 2.29.